The van der Waals surface area contributed by atoms with Crippen molar-refractivity contribution in [3.8, 4) is 0 Å². The van der Waals surface area contributed by atoms with Crippen LogP contribution in [0.2, 0.25) is 0 Å². The van der Waals surface area contributed by atoms with Gasteiger partial charge in [0.25, 0.3) is 11.8 Å². The van der Waals surface area contributed by atoms with E-state index in [0.29, 0.717) is 16.9 Å². The Bertz CT molecular complexity index is 1080. The first-order valence-electron chi connectivity index (χ1n) is 9.43. The molecule has 2 N–H and O–H groups in total. The van der Waals surface area contributed by atoms with Crippen molar-refractivity contribution in [2.24, 2.45) is 0 Å². The monoisotopic (exact) mass is 402 g/mol. The lowest BCUT2D eigenvalue weighted by molar-refractivity contribution is -0.119. The van der Waals surface area contributed by atoms with Crippen LogP contribution in [0.3, 0.4) is 0 Å². The lowest BCUT2D eigenvalue weighted by Crippen LogP contribution is -2.22. The van der Waals surface area contributed by atoms with Gasteiger partial charge in [-0.05, 0) is 49.7 Å². The predicted octanol–water partition coefficient (Wildman–Crippen LogP) is 4.35. The minimum atomic E-state index is -0.699. The number of aryl methyl sites for hydroxylation is 2. The summed E-state index contributed by atoms with van der Waals surface area (Å²) in [5.41, 5.74) is 3.62. The van der Waals surface area contributed by atoms with Crippen molar-refractivity contribution in [3.05, 3.63) is 95.1 Å². The van der Waals surface area contributed by atoms with Gasteiger partial charge in [0.1, 0.15) is 0 Å². The number of benzene rings is 3. The van der Waals surface area contributed by atoms with Crippen molar-refractivity contribution in [1.82, 2.24) is 0 Å². The molecule has 3 aromatic rings. The summed E-state index contributed by atoms with van der Waals surface area (Å²) in [6.07, 6.45) is 0. The van der Waals surface area contributed by atoms with Crippen LogP contribution in [-0.2, 0) is 9.53 Å². The first kappa shape index (κ1) is 20.8. The molecule has 0 aromatic heterocycles. The molecule has 0 spiro atoms. The van der Waals surface area contributed by atoms with Crippen LogP contribution in [0.25, 0.3) is 0 Å². The quantitative estimate of drug-likeness (QED) is 0.601. The normalized spacial score (nSPS) is 10.2. The van der Waals surface area contributed by atoms with Crippen molar-refractivity contribution in [2.75, 3.05) is 17.2 Å². The number of amides is 2. The van der Waals surface area contributed by atoms with Gasteiger partial charge in [-0.1, -0.05) is 48.0 Å². The topological polar surface area (TPSA) is 84.5 Å². The summed E-state index contributed by atoms with van der Waals surface area (Å²) in [7, 11) is 0. The van der Waals surface area contributed by atoms with E-state index in [0.717, 1.165) is 11.1 Å². The molecule has 0 aliphatic heterocycles. The Labute approximate surface area is 174 Å². The van der Waals surface area contributed by atoms with Gasteiger partial charge in [0, 0.05) is 11.3 Å². The Kier molecular flexibility index (Phi) is 6.60. The van der Waals surface area contributed by atoms with Crippen LogP contribution in [0, 0.1) is 13.8 Å². The number of hydrogen-bond donors (Lipinski definition) is 2. The van der Waals surface area contributed by atoms with E-state index in [2.05, 4.69) is 10.6 Å². The Morgan fingerprint density at radius 1 is 0.800 bits per heavy atom. The molecule has 2 amide bonds. The van der Waals surface area contributed by atoms with Crippen LogP contribution >= 0.6 is 0 Å². The summed E-state index contributed by atoms with van der Waals surface area (Å²) < 4.78 is 5.15. The molecule has 0 aliphatic carbocycles. The maximum Gasteiger partial charge on any atom is 0.340 e. The second-order valence-corrected chi connectivity index (χ2v) is 6.81. The number of hydrogen-bond acceptors (Lipinski definition) is 4. The van der Waals surface area contributed by atoms with Crippen molar-refractivity contribution in [3.63, 3.8) is 0 Å². The standard InChI is InChI=1S/C24H22N2O4/c1-16-12-13-20(17(2)14-16)25-22(27)15-30-24(29)19-10-6-7-11-21(19)26-23(28)18-8-4-3-5-9-18/h3-14H,15H2,1-2H3,(H,25,27)(H,26,28). The SMILES string of the molecule is Cc1ccc(NC(=O)COC(=O)c2ccccc2NC(=O)c2ccccc2)c(C)c1. The third kappa shape index (κ3) is 5.32. The lowest BCUT2D eigenvalue weighted by Gasteiger charge is -2.12. The number of rotatable bonds is 6. The molecule has 3 aromatic carbocycles. The zero-order valence-corrected chi connectivity index (χ0v) is 16.8. The molecule has 0 unspecified atom stereocenters. The third-order valence-electron chi connectivity index (χ3n) is 4.42. The Morgan fingerprint density at radius 3 is 2.23 bits per heavy atom. The molecule has 0 saturated heterocycles. The van der Waals surface area contributed by atoms with E-state index in [4.69, 9.17) is 4.74 Å². The van der Waals surface area contributed by atoms with Crippen LogP contribution in [0.5, 0.6) is 0 Å². The molecular formula is C24H22N2O4. The van der Waals surface area contributed by atoms with Gasteiger partial charge >= 0.3 is 5.97 Å². The second-order valence-electron chi connectivity index (χ2n) is 6.81. The molecule has 6 nitrogen and oxygen atoms in total. The fourth-order valence-electron chi connectivity index (χ4n) is 2.90. The predicted molar refractivity (Wildman–Crippen MR) is 116 cm³/mol. The summed E-state index contributed by atoms with van der Waals surface area (Å²) >= 11 is 0. The number of anilines is 2. The van der Waals surface area contributed by atoms with Gasteiger partial charge < -0.3 is 15.4 Å². The van der Waals surface area contributed by atoms with E-state index >= 15 is 0 Å². The molecule has 0 radical (unpaired) electrons. The third-order valence-corrected chi connectivity index (χ3v) is 4.42. The van der Waals surface area contributed by atoms with E-state index < -0.39 is 18.5 Å². The van der Waals surface area contributed by atoms with Crippen LogP contribution in [0.15, 0.2) is 72.8 Å². The zero-order chi connectivity index (χ0) is 21.5. The summed E-state index contributed by atoms with van der Waals surface area (Å²) in [5.74, 6) is -1.49. The van der Waals surface area contributed by atoms with Gasteiger partial charge in [-0.15, -0.1) is 0 Å². The fourth-order valence-corrected chi connectivity index (χ4v) is 2.90. The summed E-state index contributed by atoms with van der Waals surface area (Å²) in [6.45, 7) is 3.42. The molecule has 6 heteroatoms. The van der Waals surface area contributed by atoms with Crippen molar-refractivity contribution >= 4 is 29.2 Å². The molecular weight excluding hydrogens is 380 g/mol. The summed E-state index contributed by atoms with van der Waals surface area (Å²) in [4.78, 5) is 37.1. The number of carbonyl (C=O) groups is 3. The minimum absolute atomic E-state index is 0.168. The number of ether oxygens (including phenoxy) is 1. The molecule has 0 atom stereocenters. The van der Waals surface area contributed by atoms with Gasteiger partial charge in [0.05, 0.1) is 11.3 Å². The average molecular weight is 402 g/mol. The van der Waals surface area contributed by atoms with Crippen LogP contribution in [-0.4, -0.2) is 24.4 Å². The highest BCUT2D eigenvalue weighted by molar-refractivity contribution is 6.08. The maximum absolute atomic E-state index is 12.5. The Hall–Kier alpha value is -3.93. The Balaban J connectivity index is 1.63. The highest BCUT2D eigenvalue weighted by Crippen LogP contribution is 2.18. The summed E-state index contributed by atoms with van der Waals surface area (Å²) in [5, 5.41) is 5.43. The molecule has 3 rings (SSSR count). The molecule has 0 heterocycles. The summed E-state index contributed by atoms with van der Waals surface area (Å²) in [6, 6.07) is 20.8. The highest BCUT2D eigenvalue weighted by atomic mass is 16.5. The number of esters is 1. The first-order chi connectivity index (χ1) is 14.4. The van der Waals surface area contributed by atoms with Crippen molar-refractivity contribution < 1.29 is 19.1 Å². The van der Waals surface area contributed by atoms with Gasteiger partial charge in [0.15, 0.2) is 6.61 Å². The van der Waals surface area contributed by atoms with E-state index in [1.807, 2.05) is 32.0 Å². The van der Waals surface area contributed by atoms with Gasteiger partial charge in [-0.25, -0.2) is 4.79 Å². The average Bonchev–Trinajstić information content (AvgIpc) is 2.75. The van der Waals surface area contributed by atoms with Crippen LogP contribution in [0.4, 0.5) is 11.4 Å². The first-order valence-corrected chi connectivity index (χ1v) is 9.43. The van der Waals surface area contributed by atoms with Gasteiger partial charge in [-0.3, -0.25) is 9.59 Å². The fraction of sp³-hybridized carbons (Fsp3) is 0.125. The van der Waals surface area contributed by atoms with Gasteiger partial charge in [0.2, 0.25) is 0 Å². The molecule has 152 valence electrons. The minimum Gasteiger partial charge on any atom is -0.452 e. The van der Waals surface area contributed by atoms with E-state index in [9.17, 15) is 14.4 Å². The van der Waals surface area contributed by atoms with Crippen LogP contribution < -0.4 is 10.6 Å². The second kappa shape index (κ2) is 9.52. The highest BCUT2D eigenvalue weighted by Gasteiger charge is 2.16. The number of para-hydroxylation sites is 1. The smallest absolute Gasteiger partial charge is 0.340 e. The molecule has 0 aliphatic rings. The van der Waals surface area contributed by atoms with E-state index in [1.165, 1.54) is 6.07 Å². The Morgan fingerprint density at radius 2 is 1.50 bits per heavy atom. The van der Waals surface area contributed by atoms with E-state index in [1.54, 1.807) is 48.5 Å². The van der Waals surface area contributed by atoms with E-state index in [-0.39, 0.29) is 11.5 Å². The molecule has 0 bridgehead atoms. The van der Waals surface area contributed by atoms with Crippen LogP contribution in [0.1, 0.15) is 31.8 Å². The largest absolute Gasteiger partial charge is 0.452 e. The number of nitrogens with one attached hydrogen (secondary N) is 2. The molecule has 0 saturated carbocycles. The maximum atomic E-state index is 12.5. The van der Waals surface area contributed by atoms with Crippen molar-refractivity contribution in [2.45, 2.75) is 13.8 Å². The number of carbonyl (C=O) groups excluding carboxylic acids is 3. The van der Waals surface area contributed by atoms with Gasteiger partial charge in [-0.2, -0.15) is 0 Å². The molecule has 30 heavy (non-hydrogen) atoms. The lowest BCUT2D eigenvalue weighted by atomic mass is 10.1. The van der Waals surface area contributed by atoms with Crippen molar-refractivity contribution in [1.29, 1.82) is 0 Å². The zero-order valence-electron chi connectivity index (χ0n) is 16.8. The molecule has 0 fully saturated rings.